The Balaban J connectivity index is 1.26. The number of rotatable bonds is 12. The van der Waals surface area contributed by atoms with Crippen molar-refractivity contribution >= 4 is 17.0 Å². The van der Waals surface area contributed by atoms with E-state index >= 15 is 0 Å². The Hall–Kier alpha value is -4.23. The predicted octanol–water partition coefficient (Wildman–Crippen LogP) is 6.86. The highest BCUT2D eigenvalue weighted by atomic mass is 16.4. The second-order valence-electron chi connectivity index (χ2n) is 12.3. The minimum absolute atomic E-state index is 0.124. The van der Waals surface area contributed by atoms with Crippen LogP contribution in [0.2, 0.25) is 0 Å². The molecule has 2 unspecified atom stereocenters. The van der Waals surface area contributed by atoms with Gasteiger partial charge in [0.15, 0.2) is 0 Å². The van der Waals surface area contributed by atoms with Gasteiger partial charge in [-0.1, -0.05) is 66.2 Å². The minimum atomic E-state index is -0.761. The lowest BCUT2D eigenvalue weighted by atomic mass is 9.84. The fourth-order valence-corrected chi connectivity index (χ4v) is 6.80. The number of hydrogen-bond acceptors (Lipinski definition) is 5. The summed E-state index contributed by atoms with van der Waals surface area (Å²) in [5.74, 6) is 0.514. The molecule has 4 aromatic rings. The number of carbonyl (C=O) groups is 1. The van der Waals surface area contributed by atoms with Crippen LogP contribution in [0.15, 0.2) is 90.9 Å². The number of allylic oxidation sites excluding steroid dienone is 3. The van der Waals surface area contributed by atoms with E-state index in [1.165, 1.54) is 48.2 Å². The number of benzene rings is 2. The fourth-order valence-electron chi connectivity index (χ4n) is 6.80. The molecular formula is C37H43N5O2. The SMILES string of the molecule is Cc1ccc(C(CCN2CCCC2)C2C=CC=C(CCC(=O)O)N2Cc2ccc(Cn3c(C)nc4cnccc43)cc2)cc1. The lowest BCUT2D eigenvalue weighted by molar-refractivity contribution is -0.137. The van der Waals surface area contributed by atoms with Crippen LogP contribution in [0.25, 0.3) is 11.0 Å². The number of pyridine rings is 1. The molecule has 44 heavy (non-hydrogen) atoms. The maximum absolute atomic E-state index is 11.6. The van der Waals surface area contributed by atoms with Gasteiger partial charge in [0.25, 0.3) is 0 Å². The van der Waals surface area contributed by atoms with Crippen molar-refractivity contribution in [3.8, 4) is 0 Å². The second kappa shape index (κ2) is 13.6. The van der Waals surface area contributed by atoms with Gasteiger partial charge in [-0.2, -0.15) is 0 Å². The van der Waals surface area contributed by atoms with Crippen LogP contribution in [0.4, 0.5) is 0 Å². The predicted molar refractivity (Wildman–Crippen MR) is 175 cm³/mol. The number of carboxylic acid groups (broad SMARTS) is 1. The van der Waals surface area contributed by atoms with Gasteiger partial charge in [-0.15, -0.1) is 0 Å². The zero-order valence-corrected chi connectivity index (χ0v) is 25.9. The van der Waals surface area contributed by atoms with Crippen LogP contribution in [0.1, 0.15) is 66.1 Å². The third-order valence-corrected chi connectivity index (χ3v) is 9.25. The van der Waals surface area contributed by atoms with Crippen LogP contribution in [0.5, 0.6) is 0 Å². The summed E-state index contributed by atoms with van der Waals surface area (Å²) in [6, 6.07) is 20.0. The summed E-state index contributed by atoms with van der Waals surface area (Å²) in [6.07, 6.45) is 14.5. The third-order valence-electron chi connectivity index (χ3n) is 9.25. The summed E-state index contributed by atoms with van der Waals surface area (Å²) < 4.78 is 2.23. The molecule has 0 saturated carbocycles. The first kappa shape index (κ1) is 29.8. The van der Waals surface area contributed by atoms with E-state index in [4.69, 9.17) is 0 Å². The number of hydrogen-bond donors (Lipinski definition) is 1. The molecule has 0 amide bonds. The molecule has 2 aromatic carbocycles. The number of carboxylic acids is 1. The molecule has 2 aliphatic heterocycles. The van der Waals surface area contributed by atoms with Gasteiger partial charge in [-0.25, -0.2) is 4.98 Å². The molecule has 0 bridgehead atoms. The van der Waals surface area contributed by atoms with E-state index in [0.717, 1.165) is 48.6 Å². The molecule has 1 fully saturated rings. The Kier molecular flexibility index (Phi) is 9.22. The zero-order valence-electron chi connectivity index (χ0n) is 25.9. The molecule has 1 N–H and O–H groups in total. The molecule has 0 radical (unpaired) electrons. The van der Waals surface area contributed by atoms with Crippen LogP contribution in [0.3, 0.4) is 0 Å². The van der Waals surface area contributed by atoms with Crippen LogP contribution >= 0.6 is 0 Å². The average molecular weight is 590 g/mol. The summed E-state index contributed by atoms with van der Waals surface area (Å²) in [5.41, 5.74) is 8.15. The quantitative estimate of drug-likeness (QED) is 0.195. The second-order valence-corrected chi connectivity index (χ2v) is 12.3. The first-order valence-electron chi connectivity index (χ1n) is 15.9. The van der Waals surface area contributed by atoms with Crippen molar-refractivity contribution in [2.24, 2.45) is 0 Å². The summed E-state index contributed by atoms with van der Waals surface area (Å²) in [4.78, 5) is 25.6. The standard InChI is InChI=1S/C37H43N5O2/c1-27-8-14-31(15-9-27)33(19-23-40-21-3-4-22-40)35-7-5-6-32(16-17-37(43)44)42(35)26-30-12-10-29(11-13-30)25-41-28(2)39-34-24-38-20-18-36(34)41/h5-15,18,20,24,33,35H,3-4,16-17,19,21-23,25-26H2,1-2H3,(H,43,44). The summed E-state index contributed by atoms with van der Waals surface area (Å²) in [7, 11) is 0. The molecule has 7 nitrogen and oxygen atoms in total. The summed E-state index contributed by atoms with van der Waals surface area (Å²) in [5, 5.41) is 9.55. The summed E-state index contributed by atoms with van der Waals surface area (Å²) in [6.45, 7) is 9.11. The number of aryl methyl sites for hydroxylation is 2. The van der Waals surface area contributed by atoms with Crippen LogP contribution < -0.4 is 0 Å². The number of aromatic nitrogens is 3. The molecule has 0 spiro atoms. The molecule has 228 valence electrons. The van der Waals surface area contributed by atoms with Crippen molar-refractivity contribution in [1.82, 2.24) is 24.3 Å². The Morgan fingerprint density at radius 2 is 1.70 bits per heavy atom. The first-order valence-corrected chi connectivity index (χ1v) is 15.9. The highest BCUT2D eigenvalue weighted by molar-refractivity contribution is 5.74. The van der Waals surface area contributed by atoms with Gasteiger partial charge in [0.2, 0.25) is 0 Å². The van der Waals surface area contributed by atoms with E-state index in [1.807, 2.05) is 25.4 Å². The zero-order chi connectivity index (χ0) is 30.5. The van der Waals surface area contributed by atoms with E-state index < -0.39 is 5.97 Å². The lowest BCUT2D eigenvalue weighted by Gasteiger charge is -2.41. The topological polar surface area (TPSA) is 74.5 Å². The number of aliphatic carboxylic acids is 1. The van der Waals surface area contributed by atoms with Gasteiger partial charge in [0, 0.05) is 30.9 Å². The van der Waals surface area contributed by atoms with E-state index in [0.29, 0.717) is 12.3 Å². The Bertz CT molecular complexity index is 1630. The minimum Gasteiger partial charge on any atom is -0.481 e. The summed E-state index contributed by atoms with van der Waals surface area (Å²) >= 11 is 0. The van der Waals surface area contributed by atoms with Gasteiger partial charge in [0.1, 0.15) is 11.3 Å². The average Bonchev–Trinajstić information content (AvgIpc) is 3.66. The number of nitrogens with zero attached hydrogens (tertiary/aromatic N) is 5. The highest BCUT2D eigenvalue weighted by Gasteiger charge is 2.31. The van der Waals surface area contributed by atoms with Crippen molar-refractivity contribution in [3.63, 3.8) is 0 Å². The first-order chi connectivity index (χ1) is 21.4. The highest BCUT2D eigenvalue weighted by Crippen LogP contribution is 2.35. The molecule has 1 saturated heterocycles. The number of imidazole rings is 1. The molecule has 2 aromatic heterocycles. The normalized spacial score (nSPS) is 17.7. The Morgan fingerprint density at radius 3 is 2.43 bits per heavy atom. The van der Waals surface area contributed by atoms with Crippen molar-refractivity contribution in [2.45, 2.75) is 71.0 Å². The van der Waals surface area contributed by atoms with Crippen LogP contribution in [-0.4, -0.2) is 61.1 Å². The van der Waals surface area contributed by atoms with E-state index in [-0.39, 0.29) is 12.5 Å². The smallest absolute Gasteiger partial charge is 0.303 e. The van der Waals surface area contributed by atoms with Gasteiger partial charge in [0.05, 0.1) is 24.2 Å². The van der Waals surface area contributed by atoms with Crippen LogP contribution in [-0.2, 0) is 17.9 Å². The molecule has 7 heteroatoms. The number of likely N-dealkylation sites (tertiary alicyclic amines) is 1. The van der Waals surface area contributed by atoms with Crippen molar-refractivity contribution in [3.05, 3.63) is 119 Å². The van der Waals surface area contributed by atoms with E-state index in [2.05, 4.69) is 98.0 Å². The monoisotopic (exact) mass is 589 g/mol. The number of fused-ring (bicyclic) bond motifs is 1. The van der Waals surface area contributed by atoms with Crippen molar-refractivity contribution < 1.29 is 9.90 Å². The molecule has 0 aliphatic carbocycles. The maximum Gasteiger partial charge on any atom is 0.303 e. The van der Waals surface area contributed by atoms with Gasteiger partial charge in [-0.05, 0) is 88.0 Å². The molecule has 4 heterocycles. The Morgan fingerprint density at radius 1 is 0.977 bits per heavy atom. The van der Waals surface area contributed by atoms with E-state index in [9.17, 15) is 9.90 Å². The molecular weight excluding hydrogens is 546 g/mol. The fraction of sp³-hybridized carbons (Fsp3) is 0.378. The van der Waals surface area contributed by atoms with Gasteiger partial charge in [-0.3, -0.25) is 9.78 Å². The lowest BCUT2D eigenvalue weighted by Crippen LogP contribution is -2.40. The van der Waals surface area contributed by atoms with Gasteiger partial charge >= 0.3 is 5.97 Å². The third kappa shape index (κ3) is 6.94. The molecule has 2 aliphatic rings. The Labute approximate surface area is 260 Å². The van der Waals surface area contributed by atoms with Crippen molar-refractivity contribution in [1.29, 1.82) is 0 Å². The van der Waals surface area contributed by atoms with Crippen LogP contribution in [0, 0.1) is 13.8 Å². The largest absolute Gasteiger partial charge is 0.481 e. The maximum atomic E-state index is 11.6. The molecule has 6 rings (SSSR count). The van der Waals surface area contributed by atoms with Gasteiger partial charge < -0.3 is 19.5 Å². The van der Waals surface area contributed by atoms with E-state index in [1.54, 1.807) is 0 Å². The molecule has 2 atom stereocenters. The van der Waals surface area contributed by atoms with Crippen molar-refractivity contribution in [2.75, 3.05) is 19.6 Å².